The fourth-order valence-corrected chi connectivity index (χ4v) is 4.59. The van der Waals surface area contributed by atoms with E-state index in [-0.39, 0.29) is 12.3 Å². The first kappa shape index (κ1) is 23.5. The highest BCUT2D eigenvalue weighted by Gasteiger charge is 2.37. The molecule has 0 unspecified atom stereocenters. The summed E-state index contributed by atoms with van der Waals surface area (Å²) in [6.07, 6.45) is 1.64. The van der Waals surface area contributed by atoms with Crippen LogP contribution in [-0.4, -0.2) is 23.2 Å². The number of para-hydroxylation sites is 2. The summed E-state index contributed by atoms with van der Waals surface area (Å²) in [4.78, 5) is 37.2. The number of carbonyl (C=O) groups is 2. The maximum atomic E-state index is 12.9. The number of methoxy groups -OCH3 is 1. The molecule has 172 valence electrons. The van der Waals surface area contributed by atoms with Crippen LogP contribution < -0.4 is 14.4 Å². The lowest BCUT2D eigenvalue weighted by Crippen LogP contribution is -2.28. The largest absolute Gasteiger partial charge is 0.495 e. The highest BCUT2D eigenvalue weighted by Crippen LogP contribution is 2.40. The Hall–Kier alpha value is -3.63. The lowest BCUT2D eigenvalue weighted by atomic mass is 10.2. The van der Waals surface area contributed by atoms with Gasteiger partial charge in [-0.05, 0) is 81.3 Å². The summed E-state index contributed by atoms with van der Waals surface area (Å²) >= 11 is 4.33. The van der Waals surface area contributed by atoms with Crippen LogP contribution in [0.3, 0.4) is 0 Å². The number of carbonyl (C=O) groups excluding carboxylic acids is 2. The molecule has 2 amide bonds. The highest BCUT2D eigenvalue weighted by atomic mass is 79.9. The van der Waals surface area contributed by atoms with Gasteiger partial charge in [-0.2, -0.15) is 0 Å². The van der Waals surface area contributed by atoms with Crippen molar-refractivity contribution in [1.82, 2.24) is 0 Å². The number of hydrogen-bond donors (Lipinski definition) is 0. The molecule has 1 heterocycles. The molecule has 4 rings (SSSR count). The predicted molar refractivity (Wildman–Crippen MR) is 133 cm³/mol. The number of nitrogens with zero attached hydrogens (tertiary/aromatic N) is 2. The van der Waals surface area contributed by atoms with Crippen molar-refractivity contribution in [2.75, 3.05) is 12.0 Å². The first-order valence-corrected chi connectivity index (χ1v) is 11.5. The first-order valence-electron chi connectivity index (χ1n) is 9.94. The van der Waals surface area contributed by atoms with Crippen molar-refractivity contribution < 1.29 is 24.0 Å². The molecule has 0 N–H and O–H groups in total. The number of benzene rings is 3. The average molecular weight is 541 g/mol. The van der Waals surface area contributed by atoms with Crippen LogP contribution in [0.4, 0.5) is 16.2 Å². The van der Waals surface area contributed by atoms with E-state index < -0.39 is 16.1 Å². The van der Waals surface area contributed by atoms with Crippen LogP contribution in [0.5, 0.6) is 11.5 Å². The van der Waals surface area contributed by atoms with Gasteiger partial charge in [-0.15, -0.1) is 0 Å². The van der Waals surface area contributed by atoms with Crippen molar-refractivity contribution in [3.8, 4) is 11.5 Å². The van der Waals surface area contributed by atoms with E-state index in [9.17, 15) is 19.7 Å². The Morgan fingerprint density at radius 1 is 1.06 bits per heavy atom. The third-order valence-electron chi connectivity index (χ3n) is 4.91. The fourth-order valence-electron chi connectivity index (χ4n) is 3.24. The summed E-state index contributed by atoms with van der Waals surface area (Å²) in [6.45, 7) is 0.230. The van der Waals surface area contributed by atoms with E-state index in [1.54, 1.807) is 60.7 Å². The van der Waals surface area contributed by atoms with Crippen LogP contribution in [-0.2, 0) is 11.4 Å². The summed E-state index contributed by atoms with van der Waals surface area (Å²) in [7, 11) is 1.48. The number of nitro benzene ring substituents is 1. The van der Waals surface area contributed by atoms with Crippen molar-refractivity contribution in [3.05, 3.63) is 97.3 Å². The minimum atomic E-state index is -0.453. The molecule has 0 atom stereocenters. The van der Waals surface area contributed by atoms with Crippen molar-refractivity contribution in [1.29, 1.82) is 0 Å². The number of imide groups is 1. The van der Waals surface area contributed by atoms with Gasteiger partial charge in [-0.1, -0.05) is 18.2 Å². The summed E-state index contributed by atoms with van der Waals surface area (Å²) in [5, 5.41) is 10.4. The Bertz CT molecular complexity index is 1310. The molecule has 3 aromatic carbocycles. The van der Waals surface area contributed by atoms with Gasteiger partial charge in [0.2, 0.25) is 0 Å². The maximum absolute atomic E-state index is 12.9. The number of rotatable bonds is 7. The molecule has 3 aromatic rings. The number of nitro groups is 1. The zero-order valence-corrected chi connectivity index (χ0v) is 20.2. The molecule has 0 bridgehead atoms. The number of thioether (sulfide) groups is 1. The van der Waals surface area contributed by atoms with Gasteiger partial charge in [-0.3, -0.25) is 19.7 Å². The van der Waals surface area contributed by atoms with E-state index in [4.69, 9.17) is 9.47 Å². The monoisotopic (exact) mass is 540 g/mol. The van der Waals surface area contributed by atoms with Crippen LogP contribution in [0.15, 0.2) is 76.1 Å². The Morgan fingerprint density at radius 2 is 1.79 bits per heavy atom. The molecule has 0 aliphatic carbocycles. The Balaban J connectivity index is 1.48. The molecule has 0 radical (unpaired) electrons. The number of non-ortho nitro benzene ring substituents is 1. The van der Waals surface area contributed by atoms with Gasteiger partial charge in [0.25, 0.3) is 16.8 Å². The molecule has 8 nitrogen and oxygen atoms in total. The van der Waals surface area contributed by atoms with Gasteiger partial charge in [0.15, 0.2) is 0 Å². The van der Waals surface area contributed by atoms with Gasteiger partial charge in [0, 0.05) is 12.1 Å². The van der Waals surface area contributed by atoms with Crippen molar-refractivity contribution in [2.45, 2.75) is 6.61 Å². The first-order chi connectivity index (χ1) is 16.4. The summed E-state index contributed by atoms with van der Waals surface area (Å²) in [6, 6.07) is 18.3. The second-order valence-corrected chi connectivity index (χ2v) is 8.94. The molecule has 0 saturated carbocycles. The van der Waals surface area contributed by atoms with E-state index in [2.05, 4.69) is 15.9 Å². The smallest absolute Gasteiger partial charge is 0.298 e. The molecule has 0 spiro atoms. The Labute approximate surface area is 207 Å². The zero-order chi connectivity index (χ0) is 24.2. The number of hydrogen-bond acceptors (Lipinski definition) is 7. The summed E-state index contributed by atoms with van der Waals surface area (Å²) in [5.74, 6) is 0.579. The van der Waals surface area contributed by atoms with Crippen LogP contribution in [0, 0.1) is 10.1 Å². The van der Waals surface area contributed by atoms with Gasteiger partial charge in [0.05, 0.1) is 27.1 Å². The van der Waals surface area contributed by atoms with E-state index in [1.165, 1.54) is 19.2 Å². The van der Waals surface area contributed by atoms with Crippen molar-refractivity contribution in [2.24, 2.45) is 0 Å². The van der Waals surface area contributed by atoms with E-state index in [0.717, 1.165) is 22.2 Å². The van der Waals surface area contributed by atoms with Gasteiger partial charge >= 0.3 is 0 Å². The summed E-state index contributed by atoms with van der Waals surface area (Å²) < 4.78 is 11.7. The molecular formula is C24H17BrN2O6S. The lowest BCUT2D eigenvalue weighted by molar-refractivity contribution is -0.384. The van der Waals surface area contributed by atoms with Crippen LogP contribution >= 0.6 is 27.7 Å². The number of anilines is 1. The van der Waals surface area contributed by atoms with Crippen molar-refractivity contribution >= 4 is 56.3 Å². The highest BCUT2D eigenvalue weighted by molar-refractivity contribution is 9.10. The van der Waals surface area contributed by atoms with Crippen LogP contribution in [0.25, 0.3) is 6.08 Å². The van der Waals surface area contributed by atoms with Gasteiger partial charge in [0.1, 0.15) is 18.1 Å². The zero-order valence-electron chi connectivity index (χ0n) is 17.8. The SMILES string of the molecule is COc1ccccc1N1C(=O)S/C(=C\c2ccc(OCc3ccc([N+](=O)[O-])cc3)c(Br)c2)C1=O. The second kappa shape index (κ2) is 10.1. The molecule has 34 heavy (non-hydrogen) atoms. The fraction of sp³-hybridized carbons (Fsp3) is 0.0833. The molecule has 0 aromatic heterocycles. The summed E-state index contributed by atoms with van der Waals surface area (Å²) in [5.41, 5.74) is 1.91. The maximum Gasteiger partial charge on any atom is 0.298 e. The quantitative estimate of drug-likeness (QED) is 0.200. The van der Waals surface area contributed by atoms with Crippen molar-refractivity contribution in [3.63, 3.8) is 0 Å². The van der Waals surface area contributed by atoms with Gasteiger partial charge in [-0.25, -0.2) is 4.90 Å². The number of ether oxygens (including phenoxy) is 2. The van der Waals surface area contributed by atoms with Gasteiger partial charge < -0.3 is 9.47 Å². The van der Waals surface area contributed by atoms with E-state index >= 15 is 0 Å². The lowest BCUT2D eigenvalue weighted by Gasteiger charge is -2.15. The Kier molecular flexibility index (Phi) is 6.99. The predicted octanol–water partition coefficient (Wildman–Crippen LogP) is 6.19. The number of halogens is 1. The molecule has 10 heteroatoms. The van der Waals surface area contributed by atoms with E-state index in [1.807, 2.05) is 0 Å². The normalized spacial score (nSPS) is 14.5. The van der Waals surface area contributed by atoms with Crippen LogP contribution in [0.1, 0.15) is 11.1 Å². The number of amides is 2. The molecule has 1 saturated heterocycles. The Morgan fingerprint density at radius 3 is 2.47 bits per heavy atom. The minimum Gasteiger partial charge on any atom is -0.495 e. The molecule has 1 fully saturated rings. The average Bonchev–Trinajstić information content (AvgIpc) is 3.11. The second-order valence-electron chi connectivity index (χ2n) is 7.09. The third-order valence-corrected chi connectivity index (χ3v) is 6.40. The van der Waals surface area contributed by atoms with Crippen LogP contribution in [0.2, 0.25) is 0 Å². The minimum absolute atomic E-state index is 0.0180. The third kappa shape index (κ3) is 4.97. The topological polar surface area (TPSA) is 99.0 Å². The molecule has 1 aliphatic heterocycles. The molecular weight excluding hydrogens is 524 g/mol. The van der Waals surface area contributed by atoms with E-state index in [0.29, 0.717) is 32.1 Å². The molecule has 1 aliphatic rings. The standard InChI is InChI=1S/C24H17BrN2O6S/c1-32-21-5-3-2-4-19(21)26-23(28)22(34-24(26)29)13-16-8-11-20(18(25)12-16)33-14-15-6-9-17(10-7-15)27(30)31/h2-13H,14H2,1H3/b22-13-.